The summed E-state index contributed by atoms with van der Waals surface area (Å²) >= 11 is 0. The summed E-state index contributed by atoms with van der Waals surface area (Å²) < 4.78 is 0. The Hall–Kier alpha value is -4.42. The molecular weight excluding hydrogens is 504 g/mol. The lowest BCUT2D eigenvalue weighted by Crippen LogP contribution is -2.37. The van der Waals surface area contributed by atoms with Crippen molar-refractivity contribution < 1.29 is 0 Å². The third-order valence-corrected chi connectivity index (χ3v) is 8.49. The van der Waals surface area contributed by atoms with E-state index in [1.165, 1.54) is 38.5 Å². The number of nitrogens with one attached hydrogen (secondary N) is 3. The first-order chi connectivity index (χ1) is 20.1. The fourth-order valence-electron chi connectivity index (χ4n) is 6.31. The zero-order chi connectivity index (χ0) is 27.8. The van der Waals surface area contributed by atoms with Crippen LogP contribution in [0, 0.1) is 0 Å². The number of benzene rings is 4. The average molecular weight is 541 g/mol. The Morgan fingerprint density at radius 2 is 1.46 bits per heavy atom. The van der Waals surface area contributed by atoms with Gasteiger partial charge in [0.25, 0.3) is 0 Å². The van der Waals surface area contributed by atoms with Gasteiger partial charge < -0.3 is 20.5 Å². The van der Waals surface area contributed by atoms with Crippen LogP contribution < -0.4 is 15.5 Å². The lowest BCUT2D eigenvalue weighted by molar-refractivity contribution is 0.352. The van der Waals surface area contributed by atoms with E-state index in [1.54, 1.807) is 0 Å². The van der Waals surface area contributed by atoms with Crippen molar-refractivity contribution in [3.05, 3.63) is 96.6 Å². The van der Waals surface area contributed by atoms with E-state index in [-0.39, 0.29) is 0 Å². The van der Waals surface area contributed by atoms with Gasteiger partial charge in [0, 0.05) is 49.0 Å². The van der Waals surface area contributed by atoms with Gasteiger partial charge in [-0.15, -0.1) is 0 Å². The predicted molar refractivity (Wildman–Crippen MR) is 172 cm³/mol. The van der Waals surface area contributed by atoms with E-state index in [9.17, 15) is 0 Å². The fraction of sp³-hybridized carbons (Fsp3) is 0.257. The van der Waals surface area contributed by atoms with Gasteiger partial charge in [-0.1, -0.05) is 66.7 Å². The number of anilines is 2. The van der Waals surface area contributed by atoms with Crippen molar-refractivity contribution in [2.24, 2.45) is 0 Å². The summed E-state index contributed by atoms with van der Waals surface area (Å²) in [5.41, 5.74) is 5.96. The minimum atomic E-state index is 0.380. The van der Waals surface area contributed by atoms with E-state index < -0.39 is 0 Å². The van der Waals surface area contributed by atoms with Crippen molar-refractivity contribution in [3.63, 3.8) is 0 Å². The molecule has 6 aromatic rings. The van der Waals surface area contributed by atoms with E-state index in [4.69, 9.17) is 9.97 Å². The SMILES string of the molecule is CN(C)c1nc(N[C@H]2CC[C@@H](NCc3c(-c4ccc5ccccc5c4)[nH]c4ccccc34)CC2)nc2ccccc12. The number of H-pyrrole nitrogens is 1. The van der Waals surface area contributed by atoms with Crippen LogP contribution >= 0.6 is 0 Å². The van der Waals surface area contributed by atoms with Crippen LogP contribution in [0.4, 0.5) is 11.8 Å². The van der Waals surface area contributed by atoms with Crippen LogP contribution in [0.3, 0.4) is 0 Å². The monoisotopic (exact) mass is 540 g/mol. The van der Waals surface area contributed by atoms with Crippen LogP contribution in [-0.4, -0.2) is 41.1 Å². The maximum absolute atomic E-state index is 4.85. The summed E-state index contributed by atoms with van der Waals surface area (Å²) in [5, 5.41) is 12.5. The number of para-hydroxylation sites is 2. The molecule has 1 aliphatic carbocycles. The zero-order valence-electron chi connectivity index (χ0n) is 23.7. The lowest BCUT2D eigenvalue weighted by atomic mass is 9.91. The topological polar surface area (TPSA) is 68.9 Å². The summed E-state index contributed by atoms with van der Waals surface area (Å²) in [6.07, 6.45) is 4.44. The molecule has 0 atom stereocenters. The first-order valence-corrected chi connectivity index (χ1v) is 14.6. The van der Waals surface area contributed by atoms with Gasteiger partial charge in [0.15, 0.2) is 0 Å². The van der Waals surface area contributed by atoms with Crippen molar-refractivity contribution in [2.75, 3.05) is 24.3 Å². The van der Waals surface area contributed by atoms with Gasteiger partial charge in [-0.05, 0) is 71.8 Å². The van der Waals surface area contributed by atoms with Crippen molar-refractivity contribution in [1.29, 1.82) is 0 Å². The molecule has 1 aliphatic rings. The molecule has 41 heavy (non-hydrogen) atoms. The summed E-state index contributed by atoms with van der Waals surface area (Å²) in [7, 11) is 4.07. The first-order valence-electron chi connectivity index (χ1n) is 14.6. The summed E-state index contributed by atoms with van der Waals surface area (Å²) in [6, 6.07) is 33.1. The standard InChI is InChI=1S/C35H36N6/c1-41(2)34-29-12-6-8-14-32(29)39-35(40-34)37-27-19-17-26(18-20-27)36-22-30-28-11-5-7-13-31(28)38-33(30)25-16-15-23-9-3-4-10-24(23)21-25/h3-16,21,26-27,36,38H,17-20,22H2,1-2H3,(H,37,39,40)/t26-,27+. The minimum absolute atomic E-state index is 0.380. The predicted octanol–water partition coefficient (Wildman–Crippen LogP) is 7.51. The Morgan fingerprint density at radius 1 is 0.756 bits per heavy atom. The van der Waals surface area contributed by atoms with E-state index >= 15 is 0 Å². The highest BCUT2D eigenvalue weighted by Crippen LogP contribution is 2.33. The molecule has 4 aromatic carbocycles. The summed E-state index contributed by atoms with van der Waals surface area (Å²) in [4.78, 5) is 15.5. The third kappa shape index (κ3) is 5.11. The molecule has 1 saturated carbocycles. The Labute approximate surface area is 240 Å². The molecule has 2 aromatic heterocycles. The lowest BCUT2D eigenvalue weighted by Gasteiger charge is -2.30. The van der Waals surface area contributed by atoms with Crippen molar-refractivity contribution in [1.82, 2.24) is 20.3 Å². The maximum Gasteiger partial charge on any atom is 0.225 e. The fourth-order valence-corrected chi connectivity index (χ4v) is 6.31. The molecule has 1 fully saturated rings. The third-order valence-electron chi connectivity index (χ3n) is 8.49. The average Bonchev–Trinajstić information content (AvgIpc) is 3.38. The molecule has 0 amide bonds. The number of aromatic amines is 1. The number of fused-ring (bicyclic) bond motifs is 3. The molecule has 2 heterocycles. The van der Waals surface area contributed by atoms with Crippen LogP contribution in [0.2, 0.25) is 0 Å². The number of rotatable bonds is 7. The Balaban J connectivity index is 1.05. The van der Waals surface area contributed by atoms with Crippen LogP contribution in [0.1, 0.15) is 31.2 Å². The summed E-state index contributed by atoms with van der Waals surface area (Å²) in [6.45, 7) is 0.842. The van der Waals surface area contributed by atoms with Gasteiger partial charge in [0.2, 0.25) is 5.95 Å². The molecule has 0 radical (unpaired) electrons. The minimum Gasteiger partial charge on any atom is -0.362 e. The van der Waals surface area contributed by atoms with Crippen LogP contribution in [0.5, 0.6) is 0 Å². The molecule has 0 saturated heterocycles. The van der Waals surface area contributed by atoms with E-state index in [0.29, 0.717) is 12.1 Å². The first kappa shape index (κ1) is 25.5. The van der Waals surface area contributed by atoms with Gasteiger partial charge >= 0.3 is 0 Å². The molecule has 0 aliphatic heterocycles. The molecular formula is C35H36N6. The molecule has 6 nitrogen and oxygen atoms in total. The normalized spacial score (nSPS) is 17.3. The number of aromatic nitrogens is 3. The number of nitrogens with zero attached hydrogens (tertiary/aromatic N) is 3. The highest BCUT2D eigenvalue weighted by atomic mass is 15.2. The highest BCUT2D eigenvalue weighted by Gasteiger charge is 2.23. The smallest absolute Gasteiger partial charge is 0.225 e. The van der Waals surface area contributed by atoms with Gasteiger partial charge in [-0.25, -0.2) is 4.98 Å². The molecule has 6 heteroatoms. The zero-order valence-corrected chi connectivity index (χ0v) is 23.7. The van der Waals surface area contributed by atoms with Gasteiger partial charge in [-0.2, -0.15) is 4.98 Å². The van der Waals surface area contributed by atoms with Crippen LogP contribution in [0.15, 0.2) is 91.0 Å². The highest BCUT2D eigenvalue weighted by molar-refractivity contribution is 5.94. The second kappa shape index (κ2) is 10.9. The molecule has 0 unspecified atom stereocenters. The van der Waals surface area contributed by atoms with Gasteiger partial charge in [-0.3, -0.25) is 0 Å². The summed E-state index contributed by atoms with van der Waals surface area (Å²) in [5.74, 6) is 1.68. The molecule has 0 spiro atoms. The van der Waals surface area contributed by atoms with Crippen molar-refractivity contribution in [3.8, 4) is 11.3 Å². The number of hydrogen-bond donors (Lipinski definition) is 3. The van der Waals surface area contributed by atoms with Crippen molar-refractivity contribution >= 4 is 44.3 Å². The molecule has 7 rings (SSSR count). The second-order valence-electron chi connectivity index (χ2n) is 11.4. The molecule has 3 N–H and O–H groups in total. The van der Waals surface area contributed by atoms with Crippen LogP contribution in [0.25, 0.3) is 43.8 Å². The van der Waals surface area contributed by atoms with Gasteiger partial charge in [0.1, 0.15) is 5.82 Å². The Morgan fingerprint density at radius 3 is 2.29 bits per heavy atom. The van der Waals surface area contributed by atoms with Gasteiger partial charge in [0.05, 0.1) is 11.2 Å². The van der Waals surface area contributed by atoms with Crippen molar-refractivity contribution in [2.45, 2.75) is 44.3 Å². The molecule has 206 valence electrons. The molecule has 0 bridgehead atoms. The van der Waals surface area contributed by atoms with E-state index in [0.717, 1.165) is 54.9 Å². The Bertz CT molecular complexity index is 1830. The second-order valence-corrected chi connectivity index (χ2v) is 11.4. The van der Waals surface area contributed by atoms with E-state index in [2.05, 4.69) is 99.4 Å². The quantitative estimate of drug-likeness (QED) is 0.195. The Kier molecular flexibility index (Phi) is 6.77. The largest absolute Gasteiger partial charge is 0.362 e. The number of hydrogen-bond acceptors (Lipinski definition) is 5. The van der Waals surface area contributed by atoms with E-state index in [1.807, 2.05) is 26.2 Å². The maximum atomic E-state index is 4.85. The van der Waals surface area contributed by atoms with Crippen LogP contribution in [-0.2, 0) is 6.54 Å².